The maximum atomic E-state index is 12.9. The van der Waals surface area contributed by atoms with E-state index in [0.717, 1.165) is 12.8 Å². The van der Waals surface area contributed by atoms with Gasteiger partial charge in [0.2, 0.25) is 10.0 Å². The molecule has 0 radical (unpaired) electrons. The normalized spacial score (nSPS) is 14.5. The van der Waals surface area contributed by atoms with Crippen LogP contribution in [0.4, 0.5) is 5.69 Å². The van der Waals surface area contributed by atoms with Gasteiger partial charge in [0.1, 0.15) is 4.90 Å². The van der Waals surface area contributed by atoms with Gasteiger partial charge in [-0.15, -0.1) is 0 Å². The Bertz CT molecular complexity index is 1080. The van der Waals surface area contributed by atoms with Crippen LogP contribution in [-0.4, -0.2) is 44.3 Å². The van der Waals surface area contributed by atoms with Crippen LogP contribution < -0.4 is 5.32 Å². The Labute approximate surface area is 185 Å². The molecule has 1 heterocycles. The van der Waals surface area contributed by atoms with Crippen LogP contribution >= 0.6 is 23.2 Å². The number of carbonyl (C=O) groups excluding carboxylic acids is 2. The zero-order valence-electron chi connectivity index (χ0n) is 16.2. The number of benzene rings is 2. The number of anilines is 1. The van der Waals surface area contributed by atoms with E-state index in [-0.39, 0.29) is 32.7 Å². The van der Waals surface area contributed by atoms with E-state index in [9.17, 15) is 18.0 Å². The van der Waals surface area contributed by atoms with Gasteiger partial charge in [-0.25, -0.2) is 13.2 Å². The van der Waals surface area contributed by atoms with Crippen molar-refractivity contribution in [3.05, 3.63) is 57.6 Å². The van der Waals surface area contributed by atoms with Gasteiger partial charge in [0, 0.05) is 24.3 Å². The highest BCUT2D eigenvalue weighted by atomic mass is 35.5. The van der Waals surface area contributed by atoms with Crippen LogP contribution in [0, 0.1) is 0 Å². The van der Waals surface area contributed by atoms with E-state index in [1.165, 1.54) is 40.7 Å². The first-order chi connectivity index (χ1) is 14.2. The van der Waals surface area contributed by atoms with Gasteiger partial charge in [-0.05, 0) is 56.2 Å². The highest BCUT2D eigenvalue weighted by Gasteiger charge is 2.29. The molecule has 7 nitrogen and oxygen atoms in total. The molecule has 1 fully saturated rings. The second-order valence-electron chi connectivity index (χ2n) is 6.63. The van der Waals surface area contributed by atoms with E-state index in [4.69, 9.17) is 27.9 Å². The summed E-state index contributed by atoms with van der Waals surface area (Å²) < 4.78 is 32.0. The maximum Gasteiger partial charge on any atom is 0.339 e. The Hall–Kier alpha value is -2.13. The lowest BCUT2D eigenvalue weighted by Crippen LogP contribution is -2.28. The van der Waals surface area contributed by atoms with E-state index in [0.29, 0.717) is 18.8 Å². The van der Waals surface area contributed by atoms with Crippen molar-refractivity contribution < 1.29 is 22.7 Å². The number of hydrogen-bond acceptors (Lipinski definition) is 5. The number of amides is 1. The van der Waals surface area contributed by atoms with Crippen LogP contribution in [0.15, 0.2) is 41.3 Å². The van der Waals surface area contributed by atoms with E-state index in [2.05, 4.69) is 5.32 Å². The van der Waals surface area contributed by atoms with Crippen molar-refractivity contribution in [2.45, 2.75) is 24.7 Å². The zero-order chi connectivity index (χ0) is 21.9. The summed E-state index contributed by atoms with van der Waals surface area (Å²) in [5.41, 5.74) is 0.542. The van der Waals surface area contributed by atoms with Crippen LogP contribution in [0.1, 0.15) is 40.5 Å². The van der Waals surface area contributed by atoms with Gasteiger partial charge in [0.25, 0.3) is 5.91 Å². The minimum atomic E-state index is -3.79. The number of carbonyl (C=O) groups is 2. The summed E-state index contributed by atoms with van der Waals surface area (Å²) in [6.07, 6.45) is 1.58. The first-order valence-corrected chi connectivity index (χ1v) is 11.5. The lowest BCUT2D eigenvalue weighted by atomic mass is 10.1. The smallest absolute Gasteiger partial charge is 0.339 e. The molecule has 1 aliphatic heterocycles. The number of sulfonamides is 1. The molecule has 160 valence electrons. The first kappa shape index (κ1) is 22.6. The summed E-state index contributed by atoms with van der Waals surface area (Å²) in [7, 11) is -3.79. The van der Waals surface area contributed by atoms with Crippen LogP contribution in [0.2, 0.25) is 10.0 Å². The van der Waals surface area contributed by atoms with Crippen molar-refractivity contribution in [2.24, 2.45) is 0 Å². The van der Waals surface area contributed by atoms with Crippen LogP contribution in [0.5, 0.6) is 0 Å². The molecule has 1 N–H and O–H groups in total. The molecule has 0 atom stereocenters. The molecule has 0 spiro atoms. The molecular formula is C20H20Cl2N2O5S. The van der Waals surface area contributed by atoms with Crippen LogP contribution in [-0.2, 0) is 14.8 Å². The predicted molar refractivity (Wildman–Crippen MR) is 115 cm³/mol. The third-order valence-corrected chi connectivity index (χ3v) is 7.31. The van der Waals surface area contributed by atoms with Crippen molar-refractivity contribution in [3.63, 3.8) is 0 Å². The Morgan fingerprint density at radius 2 is 1.73 bits per heavy atom. The van der Waals surface area contributed by atoms with Gasteiger partial charge in [-0.2, -0.15) is 4.31 Å². The number of nitrogens with zero attached hydrogens (tertiary/aromatic N) is 1. The summed E-state index contributed by atoms with van der Waals surface area (Å²) in [6, 6.07) is 8.47. The number of halogens is 2. The van der Waals surface area contributed by atoms with E-state index < -0.39 is 21.9 Å². The Balaban J connectivity index is 1.86. The standard InChI is InChI=1S/C20H20Cl2N2O5S/c1-2-29-20(26)15-12-14(6-8-16(15)21)23-19(25)13-5-7-17(22)18(11-13)30(27,28)24-9-3-4-10-24/h5-8,11-12H,2-4,9-10H2,1H3,(H,23,25). The van der Waals surface area contributed by atoms with Gasteiger partial charge < -0.3 is 10.1 Å². The lowest BCUT2D eigenvalue weighted by Gasteiger charge is -2.17. The van der Waals surface area contributed by atoms with Crippen molar-refractivity contribution in [3.8, 4) is 0 Å². The summed E-state index contributed by atoms with van der Waals surface area (Å²) in [4.78, 5) is 24.6. The summed E-state index contributed by atoms with van der Waals surface area (Å²) >= 11 is 12.2. The molecule has 10 heteroatoms. The quantitative estimate of drug-likeness (QED) is 0.638. The van der Waals surface area contributed by atoms with E-state index in [1.807, 2.05) is 0 Å². The fourth-order valence-corrected chi connectivity index (χ4v) is 5.29. The molecule has 1 aliphatic rings. The molecule has 1 saturated heterocycles. The van der Waals surface area contributed by atoms with Crippen molar-refractivity contribution in [1.29, 1.82) is 0 Å². The van der Waals surface area contributed by atoms with Gasteiger partial charge in [0.15, 0.2) is 0 Å². The number of esters is 1. The minimum absolute atomic E-state index is 0.0505. The number of hydrogen-bond donors (Lipinski definition) is 1. The fraction of sp³-hybridized carbons (Fsp3) is 0.300. The van der Waals surface area contributed by atoms with Gasteiger partial charge >= 0.3 is 5.97 Å². The van der Waals surface area contributed by atoms with Crippen molar-refractivity contribution in [1.82, 2.24) is 4.31 Å². The topological polar surface area (TPSA) is 92.8 Å². The molecule has 2 aromatic carbocycles. The number of ether oxygens (including phenoxy) is 1. The molecule has 30 heavy (non-hydrogen) atoms. The Kier molecular flexibility index (Phi) is 7.02. The average molecular weight is 471 g/mol. The number of rotatable bonds is 6. The van der Waals surface area contributed by atoms with Crippen LogP contribution in [0.25, 0.3) is 0 Å². The molecule has 0 aliphatic carbocycles. The highest BCUT2D eigenvalue weighted by Crippen LogP contribution is 2.29. The molecule has 1 amide bonds. The largest absolute Gasteiger partial charge is 0.462 e. The van der Waals surface area contributed by atoms with Crippen LogP contribution in [0.3, 0.4) is 0 Å². The molecular weight excluding hydrogens is 451 g/mol. The van der Waals surface area contributed by atoms with Gasteiger partial charge in [0.05, 0.1) is 22.2 Å². The third kappa shape index (κ3) is 4.78. The maximum absolute atomic E-state index is 12.9. The fourth-order valence-electron chi connectivity index (χ4n) is 3.08. The second-order valence-corrected chi connectivity index (χ2v) is 9.35. The summed E-state index contributed by atoms with van der Waals surface area (Å²) in [6.45, 7) is 2.71. The van der Waals surface area contributed by atoms with Gasteiger partial charge in [-0.3, -0.25) is 4.79 Å². The average Bonchev–Trinajstić information content (AvgIpc) is 3.25. The minimum Gasteiger partial charge on any atom is -0.462 e. The lowest BCUT2D eigenvalue weighted by molar-refractivity contribution is 0.0526. The summed E-state index contributed by atoms with van der Waals surface area (Å²) in [5, 5.41) is 2.88. The molecule has 0 aromatic heterocycles. The Morgan fingerprint density at radius 3 is 2.40 bits per heavy atom. The third-order valence-electron chi connectivity index (χ3n) is 4.60. The molecule has 0 saturated carbocycles. The second kappa shape index (κ2) is 9.34. The van der Waals surface area contributed by atoms with E-state index in [1.54, 1.807) is 6.92 Å². The predicted octanol–water partition coefficient (Wildman–Crippen LogP) is 4.21. The Morgan fingerprint density at radius 1 is 1.07 bits per heavy atom. The zero-order valence-corrected chi connectivity index (χ0v) is 18.5. The van der Waals surface area contributed by atoms with Crippen molar-refractivity contribution in [2.75, 3.05) is 25.0 Å². The van der Waals surface area contributed by atoms with Crippen molar-refractivity contribution >= 4 is 50.8 Å². The highest BCUT2D eigenvalue weighted by molar-refractivity contribution is 7.89. The van der Waals surface area contributed by atoms with Gasteiger partial charge in [-0.1, -0.05) is 23.2 Å². The molecule has 0 unspecified atom stereocenters. The molecule has 3 rings (SSSR count). The molecule has 0 bridgehead atoms. The molecule has 2 aromatic rings. The number of nitrogens with one attached hydrogen (secondary N) is 1. The monoisotopic (exact) mass is 470 g/mol. The first-order valence-electron chi connectivity index (χ1n) is 9.31. The SMILES string of the molecule is CCOC(=O)c1cc(NC(=O)c2ccc(Cl)c(S(=O)(=O)N3CCCC3)c2)ccc1Cl. The van der Waals surface area contributed by atoms with E-state index >= 15 is 0 Å². The summed E-state index contributed by atoms with van der Waals surface area (Å²) in [5.74, 6) is -1.16.